The first-order valence-electron chi connectivity index (χ1n) is 5.34. The Morgan fingerprint density at radius 2 is 2.26 bits per heavy atom. The third kappa shape index (κ3) is 4.02. The summed E-state index contributed by atoms with van der Waals surface area (Å²) in [5.74, 6) is 0.432. The van der Waals surface area contributed by atoms with E-state index >= 15 is 0 Å². The maximum atomic E-state index is 11.7. The van der Waals surface area contributed by atoms with Crippen molar-refractivity contribution in [1.82, 2.24) is 4.98 Å². The monoisotopic (exact) mass is 404 g/mol. The lowest BCUT2D eigenvalue weighted by Crippen LogP contribution is -2.20. The van der Waals surface area contributed by atoms with Gasteiger partial charge in [0.25, 0.3) is 5.91 Å². The molecule has 0 saturated carbocycles. The number of aryl methyl sites for hydroxylation is 1. The number of ether oxygens (including phenoxy) is 1. The third-order valence-electron chi connectivity index (χ3n) is 2.22. The van der Waals surface area contributed by atoms with Crippen molar-refractivity contribution in [3.63, 3.8) is 0 Å². The maximum absolute atomic E-state index is 11.7. The largest absolute Gasteiger partial charge is 0.482 e. The van der Waals surface area contributed by atoms with E-state index in [-0.39, 0.29) is 12.5 Å². The van der Waals surface area contributed by atoms with Crippen LogP contribution >= 0.6 is 43.2 Å². The number of nitrogens with one attached hydrogen (secondary N) is 1. The molecule has 1 aromatic heterocycles. The molecule has 0 unspecified atom stereocenters. The number of halogens is 2. The van der Waals surface area contributed by atoms with E-state index in [1.807, 2.05) is 19.1 Å². The molecule has 4 nitrogen and oxygen atoms in total. The molecule has 0 spiro atoms. The van der Waals surface area contributed by atoms with Crippen LogP contribution in [0.1, 0.15) is 5.56 Å². The van der Waals surface area contributed by atoms with Gasteiger partial charge in [0.2, 0.25) is 0 Å². The van der Waals surface area contributed by atoms with Crippen molar-refractivity contribution in [3.8, 4) is 5.75 Å². The van der Waals surface area contributed by atoms with Crippen LogP contribution in [0.4, 0.5) is 5.13 Å². The summed E-state index contributed by atoms with van der Waals surface area (Å²) in [5.41, 5.74) is 0.947. The molecular formula is C12H10Br2N2O2S. The molecule has 1 heterocycles. The van der Waals surface area contributed by atoms with Crippen LogP contribution in [-0.4, -0.2) is 17.5 Å². The SMILES string of the molecule is Cc1cc(Br)cc(Br)c1OCC(=O)Nc1nccs1. The summed E-state index contributed by atoms with van der Waals surface area (Å²) < 4.78 is 7.29. The summed E-state index contributed by atoms with van der Waals surface area (Å²) in [4.78, 5) is 15.7. The van der Waals surface area contributed by atoms with Gasteiger partial charge in [0.15, 0.2) is 11.7 Å². The van der Waals surface area contributed by atoms with Crippen molar-refractivity contribution in [2.45, 2.75) is 6.92 Å². The summed E-state index contributed by atoms with van der Waals surface area (Å²) in [6, 6.07) is 3.81. The van der Waals surface area contributed by atoms with E-state index in [2.05, 4.69) is 42.2 Å². The summed E-state index contributed by atoms with van der Waals surface area (Å²) in [5, 5.41) is 5.03. The topological polar surface area (TPSA) is 51.2 Å². The number of carbonyl (C=O) groups is 1. The van der Waals surface area contributed by atoms with Crippen molar-refractivity contribution in [3.05, 3.63) is 38.2 Å². The lowest BCUT2D eigenvalue weighted by Gasteiger charge is -2.11. The predicted octanol–water partition coefficient (Wildman–Crippen LogP) is 3.99. The fourth-order valence-corrected chi connectivity index (χ4v) is 3.55. The van der Waals surface area contributed by atoms with Gasteiger partial charge in [-0.15, -0.1) is 11.3 Å². The number of amides is 1. The van der Waals surface area contributed by atoms with Gasteiger partial charge in [-0.3, -0.25) is 10.1 Å². The van der Waals surface area contributed by atoms with Crippen LogP contribution in [0.3, 0.4) is 0 Å². The zero-order valence-corrected chi connectivity index (χ0v) is 13.9. The molecule has 2 rings (SSSR count). The highest BCUT2D eigenvalue weighted by Gasteiger charge is 2.10. The van der Waals surface area contributed by atoms with Gasteiger partial charge in [-0.25, -0.2) is 4.98 Å². The Bertz CT molecular complexity index is 564. The van der Waals surface area contributed by atoms with Crippen LogP contribution in [0, 0.1) is 6.92 Å². The zero-order valence-electron chi connectivity index (χ0n) is 9.94. The molecule has 19 heavy (non-hydrogen) atoms. The number of thiazole rings is 1. The molecule has 1 aromatic carbocycles. The number of nitrogens with zero attached hydrogens (tertiary/aromatic N) is 1. The Morgan fingerprint density at radius 3 is 2.89 bits per heavy atom. The molecule has 0 aliphatic heterocycles. The first kappa shape index (κ1) is 14.5. The second-order valence-corrected chi connectivity index (χ2v) is 6.37. The fraction of sp³-hybridized carbons (Fsp3) is 0.167. The second-order valence-electron chi connectivity index (χ2n) is 3.71. The summed E-state index contributed by atoms with van der Waals surface area (Å²) >= 11 is 8.17. The standard InChI is InChI=1S/C12H10Br2N2O2S/c1-7-4-8(13)5-9(14)11(7)18-6-10(17)16-12-15-2-3-19-12/h2-5H,6H2,1H3,(H,15,16,17). The lowest BCUT2D eigenvalue weighted by atomic mass is 10.2. The summed E-state index contributed by atoms with van der Waals surface area (Å²) in [6.07, 6.45) is 1.64. The van der Waals surface area contributed by atoms with E-state index in [9.17, 15) is 4.79 Å². The van der Waals surface area contributed by atoms with Crippen molar-refractivity contribution in [1.29, 1.82) is 0 Å². The number of anilines is 1. The molecular weight excluding hydrogens is 396 g/mol. The number of hydrogen-bond donors (Lipinski definition) is 1. The Balaban J connectivity index is 1.97. The highest BCUT2D eigenvalue weighted by molar-refractivity contribution is 9.11. The van der Waals surface area contributed by atoms with Gasteiger partial charge in [-0.2, -0.15) is 0 Å². The van der Waals surface area contributed by atoms with Crippen LogP contribution in [0.5, 0.6) is 5.75 Å². The fourth-order valence-electron chi connectivity index (χ4n) is 1.45. The minimum Gasteiger partial charge on any atom is -0.482 e. The predicted molar refractivity (Wildman–Crippen MR) is 82.8 cm³/mol. The molecule has 100 valence electrons. The number of rotatable bonds is 4. The quantitative estimate of drug-likeness (QED) is 0.836. The number of carbonyl (C=O) groups excluding carboxylic acids is 1. The van der Waals surface area contributed by atoms with E-state index in [0.29, 0.717) is 10.9 Å². The summed E-state index contributed by atoms with van der Waals surface area (Å²) in [6.45, 7) is 1.87. The van der Waals surface area contributed by atoms with Gasteiger partial charge in [-0.1, -0.05) is 15.9 Å². The molecule has 1 N–H and O–H groups in total. The number of hydrogen-bond acceptors (Lipinski definition) is 4. The second kappa shape index (κ2) is 6.49. The van der Waals surface area contributed by atoms with Crippen LogP contribution < -0.4 is 10.1 Å². The minimum atomic E-state index is -0.232. The molecule has 2 aromatic rings. The van der Waals surface area contributed by atoms with Gasteiger partial charge in [0.05, 0.1) is 4.47 Å². The minimum absolute atomic E-state index is 0.0549. The Hall–Kier alpha value is -0.920. The van der Waals surface area contributed by atoms with E-state index < -0.39 is 0 Å². The Morgan fingerprint density at radius 1 is 1.47 bits per heavy atom. The number of aromatic nitrogens is 1. The molecule has 0 fully saturated rings. The van der Waals surface area contributed by atoms with Crippen molar-refractivity contribution < 1.29 is 9.53 Å². The molecule has 0 radical (unpaired) electrons. The van der Waals surface area contributed by atoms with Gasteiger partial charge in [0.1, 0.15) is 5.75 Å². The van der Waals surface area contributed by atoms with Gasteiger partial charge < -0.3 is 4.74 Å². The van der Waals surface area contributed by atoms with Crippen LogP contribution in [0.25, 0.3) is 0 Å². The van der Waals surface area contributed by atoms with E-state index in [0.717, 1.165) is 14.5 Å². The van der Waals surface area contributed by atoms with Gasteiger partial charge in [-0.05, 0) is 40.5 Å². The molecule has 0 bridgehead atoms. The van der Waals surface area contributed by atoms with E-state index in [1.165, 1.54) is 11.3 Å². The van der Waals surface area contributed by atoms with Gasteiger partial charge in [0, 0.05) is 16.0 Å². The summed E-state index contributed by atoms with van der Waals surface area (Å²) in [7, 11) is 0. The third-order valence-corrected chi connectivity index (χ3v) is 3.96. The van der Waals surface area contributed by atoms with Crippen LogP contribution in [0.2, 0.25) is 0 Å². The van der Waals surface area contributed by atoms with Crippen LogP contribution in [0.15, 0.2) is 32.7 Å². The number of benzene rings is 1. The maximum Gasteiger partial charge on any atom is 0.264 e. The van der Waals surface area contributed by atoms with Crippen molar-refractivity contribution in [2.75, 3.05) is 11.9 Å². The lowest BCUT2D eigenvalue weighted by molar-refractivity contribution is -0.118. The van der Waals surface area contributed by atoms with Crippen molar-refractivity contribution in [2.24, 2.45) is 0 Å². The molecule has 0 aliphatic rings. The normalized spacial score (nSPS) is 10.3. The molecule has 0 saturated heterocycles. The van der Waals surface area contributed by atoms with Crippen LogP contribution in [-0.2, 0) is 4.79 Å². The average molecular weight is 406 g/mol. The Labute approximate surface area is 131 Å². The Kier molecular flexibility index (Phi) is 4.95. The first-order chi connectivity index (χ1) is 9.06. The van der Waals surface area contributed by atoms with Crippen molar-refractivity contribution >= 4 is 54.2 Å². The average Bonchev–Trinajstić information content (AvgIpc) is 2.80. The zero-order chi connectivity index (χ0) is 13.8. The van der Waals surface area contributed by atoms with E-state index in [1.54, 1.807) is 11.6 Å². The smallest absolute Gasteiger partial charge is 0.264 e. The first-order valence-corrected chi connectivity index (χ1v) is 7.80. The molecule has 1 amide bonds. The molecule has 0 aliphatic carbocycles. The van der Waals surface area contributed by atoms with E-state index in [4.69, 9.17) is 4.74 Å². The molecule has 7 heteroatoms. The highest BCUT2D eigenvalue weighted by atomic mass is 79.9. The van der Waals surface area contributed by atoms with Gasteiger partial charge >= 0.3 is 0 Å². The molecule has 0 atom stereocenters. The highest BCUT2D eigenvalue weighted by Crippen LogP contribution is 2.32.